The van der Waals surface area contributed by atoms with Gasteiger partial charge >= 0.3 is 11.9 Å². The highest BCUT2D eigenvalue weighted by atomic mass is 16.5. The fraction of sp³-hybridized carbons (Fsp3) is 0.963. The van der Waals surface area contributed by atoms with Gasteiger partial charge in [-0.2, -0.15) is 0 Å². The van der Waals surface area contributed by atoms with E-state index in [4.69, 9.17) is 9.47 Å². The van der Waals surface area contributed by atoms with Crippen LogP contribution in [0.15, 0.2) is 0 Å². The van der Waals surface area contributed by atoms with Crippen LogP contribution in [0, 0.1) is 11.8 Å². The van der Waals surface area contributed by atoms with E-state index in [1.54, 1.807) is 0 Å². The molecule has 0 aromatic rings. The lowest BCUT2D eigenvalue weighted by Crippen LogP contribution is -2.28. The van der Waals surface area contributed by atoms with Gasteiger partial charge in [0.05, 0.1) is 25.0 Å². The Kier molecular flexibility index (Phi) is 48.0. The molecule has 0 heterocycles. The molecule has 0 aliphatic carbocycles. The molecule has 0 amide bonds. The molecule has 6 nitrogen and oxygen atoms in total. The Labute approximate surface area is 375 Å². The minimum Gasteiger partial charge on any atom is -0.465 e. The molecule has 2 unspecified atom stereocenters. The first-order chi connectivity index (χ1) is 29.5. The van der Waals surface area contributed by atoms with Gasteiger partial charge in [0, 0.05) is 13.2 Å². The van der Waals surface area contributed by atoms with E-state index in [9.17, 15) is 14.7 Å². The van der Waals surface area contributed by atoms with Gasteiger partial charge in [-0.15, -0.1) is 0 Å². The quantitative estimate of drug-likeness (QED) is 0.0485. The number of hydrogen-bond donors (Lipinski definition) is 1. The number of esters is 2. The normalized spacial score (nSPS) is 12.6. The van der Waals surface area contributed by atoms with E-state index < -0.39 is 0 Å². The zero-order valence-corrected chi connectivity index (χ0v) is 41.2. The first-order valence-electron chi connectivity index (χ1n) is 27.2. The second kappa shape index (κ2) is 48.9. The summed E-state index contributed by atoms with van der Waals surface area (Å²) in [5.74, 6) is 0.272. The van der Waals surface area contributed by atoms with Crippen molar-refractivity contribution in [1.29, 1.82) is 0 Å². The second-order valence-electron chi connectivity index (χ2n) is 18.8. The average Bonchev–Trinajstić information content (AvgIpc) is 3.25. The maximum absolute atomic E-state index is 13.2. The van der Waals surface area contributed by atoms with Gasteiger partial charge < -0.3 is 19.5 Å². The number of aliphatic hydroxyl groups excluding tert-OH is 1. The third-order valence-corrected chi connectivity index (χ3v) is 12.9. The molecule has 0 aliphatic heterocycles. The van der Waals surface area contributed by atoms with Crippen LogP contribution < -0.4 is 0 Å². The van der Waals surface area contributed by atoms with Crippen LogP contribution in [0.3, 0.4) is 0 Å². The summed E-state index contributed by atoms with van der Waals surface area (Å²) in [6.45, 7) is 13.4. The van der Waals surface area contributed by atoms with E-state index in [0.29, 0.717) is 13.2 Å². The van der Waals surface area contributed by atoms with Crippen LogP contribution in [-0.2, 0) is 19.1 Å². The van der Waals surface area contributed by atoms with Crippen LogP contribution in [0.5, 0.6) is 0 Å². The average molecular weight is 850 g/mol. The predicted molar refractivity (Wildman–Crippen MR) is 260 cm³/mol. The summed E-state index contributed by atoms with van der Waals surface area (Å²) in [7, 11) is 0. The molecule has 0 saturated heterocycles. The lowest BCUT2D eigenvalue weighted by Gasteiger charge is -2.22. The topological polar surface area (TPSA) is 76.1 Å². The monoisotopic (exact) mass is 850 g/mol. The molecule has 358 valence electrons. The van der Waals surface area contributed by atoms with Gasteiger partial charge in [0.15, 0.2) is 0 Å². The van der Waals surface area contributed by atoms with Crippen molar-refractivity contribution in [3.8, 4) is 0 Å². The highest BCUT2D eigenvalue weighted by molar-refractivity contribution is 5.72. The van der Waals surface area contributed by atoms with Crippen LogP contribution in [0.1, 0.15) is 285 Å². The minimum absolute atomic E-state index is 0.0534. The Morgan fingerprint density at radius 2 is 0.600 bits per heavy atom. The smallest absolute Gasteiger partial charge is 0.308 e. The van der Waals surface area contributed by atoms with Gasteiger partial charge in [-0.25, -0.2) is 0 Å². The van der Waals surface area contributed by atoms with Crippen molar-refractivity contribution < 1.29 is 24.2 Å². The van der Waals surface area contributed by atoms with Crippen LogP contribution >= 0.6 is 0 Å². The molecule has 1 N–H and O–H groups in total. The first-order valence-corrected chi connectivity index (χ1v) is 27.2. The Balaban J connectivity index is 4.46. The summed E-state index contributed by atoms with van der Waals surface area (Å²) in [5.41, 5.74) is 0. The summed E-state index contributed by atoms with van der Waals surface area (Å²) >= 11 is 0. The van der Waals surface area contributed by atoms with Gasteiger partial charge in [-0.1, -0.05) is 220 Å². The van der Waals surface area contributed by atoms with E-state index >= 15 is 0 Å². The van der Waals surface area contributed by atoms with E-state index in [2.05, 4.69) is 32.6 Å². The van der Waals surface area contributed by atoms with Gasteiger partial charge in [0.25, 0.3) is 0 Å². The first kappa shape index (κ1) is 58.9. The van der Waals surface area contributed by atoms with Gasteiger partial charge in [0.2, 0.25) is 0 Å². The zero-order chi connectivity index (χ0) is 43.8. The Bertz CT molecular complexity index is 867. The summed E-state index contributed by atoms with van der Waals surface area (Å²) in [5, 5.41) is 9.51. The maximum Gasteiger partial charge on any atom is 0.308 e. The molecule has 0 aliphatic rings. The standard InChI is InChI=1S/C54H107NO5/c1-5-9-13-17-21-23-27-34-43-51(41-32-25-19-15-11-7-3)53(57)59-49-38-30-29-36-45-55(47-40-48-56)46-37-31-39-50-60-54(58)52(42-33-26-20-16-12-8-4)44-35-28-24-22-18-14-10-6-2/h51-52,56H,5-50H2,1-4H3. The summed E-state index contributed by atoms with van der Waals surface area (Å²) < 4.78 is 11.8. The third kappa shape index (κ3) is 40.9. The van der Waals surface area contributed by atoms with Crippen molar-refractivity contribution in [3.63, 3.8) is 0 Å². The number of carbonyl (C=O) groups excluding carboxylic acids is 2. The summed E-state index contributed by atoms with van der Waals surface area (Å²) in [6.07, 6.45) is 48.2. The molecular formula is C54H107NO5. The largest absolute Gasteiger partial charge is 0.465 e. The Morgan fingerprint density at radius 3 is 0.917 bits per heavy atom. The fourth-order valence-corrected chi connectivity index (χ4v) is 8.77. The number of rotatable bonds is 50. The number of hydrogen-bond acceptors (Lipinski definition) is 6. The zero-order valence-electron chi connectivity index (χ0n) is 41.2. The lowest BCUT2D eigenvalue weighted by atomic mass is 9.94. The molecule has 0 spiro atoms. The van der Waals surface area contributed by atoms with Crippen molar-refractivity contribution >= 4 is 11.9 Å². The van der Waals surface area contributed by atoms with Crippen LogP contribution in [-0.4, -0.2) is 61.4 Å². The highest BCUT2D eigenvalue weighted by Crippen LogP contribution is 2.23. The highest BCUT2D eigenvalue weighted by Gasteiger charge is 2.20. The molecule has 2 atom stereocenters. The SMILES string of the molecule is CCCCCCCCCCC(CCCCCCCC)C(=O)OCCCCCCN(CCCO)CCCCCOC(=O)C(CCCCCCCC)CCCCCCCCCC. The molecule has 0 fully saturated rings. The van der Waals surface area contributed by atoms with E-state index in [0.717, 1.165) is 122 Å². The maximum atomic E-state index is 13.2. The molecule has 0 rings (SSSR count). The predicted octanol–water partition coefficient (Wildman–Crippen LogP) is 16.3. The van der Waals surface area contributed by atoms with Crippen LogP contribution in [0.25, 0.3) is 0 Å². The van der Waals surface area contributed by atoms with Crippen molar-refractivity contribution in [2.24, 2.45) is 11.8 Å². The van der Waals surface area contributed by atoms with Crippen LogP contribution in [0.4, 0.5) is 0 Å². The molecule has 0 aromatic heterocycles. The van der Waals surface area contributed by atoms with Gasteiger partial charge in [-0.3, -0.25) is 9.59 Å². The Hall–Kier alpha value is -1.14. The van der Waals surface area contributed by atoms with Crippen molar-refractivity contribution in [2.45, 2.75) is 285 Å². The molecule has 0 bridgehead atoms. The van der Waals surface area contributed by atoms with Crippen molar-refractivity contribution in [1.82, 2.24) is 4.90 Å². The number of carbonyl (C=O) groups is 2. The molecule has 6 heteroatoms. The van der Waals surface area contributed by atoms with E-state index in [1.807, 2.05) is 0 Å². The number of nitrogens with zero attached hydrogens (tertiary/aromatic N) is 1. The van der Waals surface area contributed by atoms with E-state index in [-0.39, 0.29) is 30.4 Å². The van der Waals surface area contributed by atoms with Gasteiger partial charge in [0.1, 0.15) is 0 Å². The minimum atomic E-state index is 0.0534. The fourth-order valence-electron chi connectivity index (χ4n) is 8.77. The third-order valence-electron chi connectivity index (χ3n) is 12.9. The van der Waals surface area contributed by atoms with Crippen molar-refractivity contribution in [3.05, 3.63) is 0 Å². The molecule has 0 saturated carbocycles. The van der Waals surface area contributed by atoms with Gasteiger partial charge in [-0.05, 0) is 77.3 Å². The molecular weight excluding hydrogens is 743 g/mol. The van der Waals surface area contributed by atoms with Crippen LogP contribution in [0.2, 0.25) is 0 Å². The summed E-state index contributed by atoms with van der Waals surface area (Å²) in [4.78, 5) is 28.8. The number of aliphatic hydroxyl groups is 1. The number of unbranched alkanes of at least 4 members (excludes halogenated alkanes) is 29. The molecule has 0 radical (unpaired) electrons. The van der Waals surface area contributed by atoms with Crippen molar-refractivity contribution in [2.75, 3.05) is 39.5 Å². The Morgan fingerprint density at radius 1 is 0.350 bits per heavy atom. The van der Waals surface area contributed by atoms with E-state index in [1.165, 1.54) is 154 Å². The molecule has 0 aromatic carbocycles. The molecule has 60 heavy (non-hydrogen) atoms. The lowest BCUT2D eigenvalue weighted by molar-refractivity contribution is -0.150. The summed E-state index contributed by atoms with van der Waals surface area (Å²) in [6, 6.07) is 0. The number of ether oxygens (including phenoxy) is 2. The second-order valence-corrected chi connectivity index (χ2v) is 18.8.